The number of hydrogen-bond donors (Lipinski definition) is 2. The lowest BCUT2D eigenvalue weighted by Gasteiger charge is -2.18. The number of aryl methyl sites for hydroxylation is 1. The summed E-state index contributed by atoms with van der Waals surface area (Å²) in [6, 6.07) is 2.22. The predicted octanol–water partition coefficient (Wildman–Crippen LogP) is 1.20. The van der Waals surface area contributed by atoms with Crippen LogP contribution in [0.5, 0.6) is 0 Å². The SMILES string of the molecule is Cc1ccc(CN(C)C(=O)N[C@H](C)C(=O)O)o1. The topological polar surface area (TPSA) is 82.8 Å². The summed E-state index contributed by atoms with van der Waals surface area (Å²) in [6.07, 6.45) is 0. The summed E-state index contributed by atoms with van der Waals surface area (Å²) in [4.78, 5) is 23.5. The van der Waals surface area contributed by atoms with Crippen molar-refractivity contribution in [1.82, 2.24) is 10.2 Å². The summed E-state index contributed by atoms with van der Waals surface area (Å²) in [6.45, 7) is 3.52. The molecule has 0 unspecified atom stereocenters. The fourth-order valence-corrected chi connectivity index (χ4v) is 1.23. The Morgan fingerprint density at radius 3 is 2.65 bits per heavy atom. The Morgan fingerprint density at radius 2 is 2.18 bits per heavy atom. The van der Waals surface area contributed by atoms with Crippen LogP contribution in [0.1, 0.15) is 18.4 Å². The maximum atomic E-state index is 11.6. The van der Waals surface area contributed by atoms with E-state index in [9.17, 15) is 9.59 Å². The molecule has 0 aliphatic rings. The second-order valence-corrected chi connectivity index (χ2v) is 3.88. The average molecular weight is 240 g/mol. The molecule has 94 valence electrons. The molecule has 0 spiro atoms. The van der Waals surface area contributed by atoms with Crippen LogP contribution in [0.25, 0.3) is 0 Å². The third-order valence-corrected chi connectivity index (χ3v) is 2.25. The summed E-state index contributed by atoms with van der Waals surface area (Å²) in [5.41, 5.74) is 0. The lowest BCUT2D eigenvalue weighted by Crippen LogP contribution is -2.44. The van der Waals surface area contributed by atoms with Crippen LogP contribution in [0.3, 0.4) is 0 Å². The fraction of sp³-hybridized carbons (Fsp3) is 0.455. The van der Waals surface area contributed by atoms with Crippen LogP contribution in [0.2, 0.25) is 0 Å². The first kappa shape index (κ1) is 13.1. The zero-order chi connectivity index (χ0) is 13.0. The van der Waals surface area contributed by atoms with Crippen molar-refractivity contribution in [2.45, 2.75) is 26.4 Å². The Bertz CT molecular complexity index is 413. The number of amides is 2. The van der Waals surface area contributed by atoms with E-state index in [2.05, 4.69) is 5.32 Å². The molecule has 0 bridgehead atoms. The van der Waals surface area contributed by atoms with E-state index in [0.717, 1.165) is 5.76 Å². The van der Waals surface area contributed by atoms with Gasteiger partial charge in [0.1, 0.15) is 17.6 Å². The molecular formula is C11H16N2O4. The van der Waals surface area contributed by atoms with Gasteiger partial charge in [0.15, 0.2) is 0 Å². The van der Waals surface area contributed by atoms with Gasteiger partial charge < -0.3 is 19.7 Å². The van der Waals surface area contributed by atoms with Crippen LogP contribution in [0.15, 0.2) is 16.5 Å². The number of aliphatic carboxylic acids is 1. The third kappa shape index (κ3) is 3.82. The molecule has 0 aliphatic heterocycles. The molecule has 1 aromatic heterocycles. The highest BCUT2D eigenvalue weighted by Gasteiger charge is 2.17. The van der Waals surface area contributed by atoms with E-state index in [4.69, 9.17) is 9.52 Å². The number of hydrogen-bond acceptors (Lipinski definition) is 3. The minimum Gasteiger partial charge on any atom is -0.480 e. The maximum absolute atomic E-state index is 11.6. The molecule has 0 saturated heterocycles. The van der Waals surface area contributed by atoms with Gasteiger partial charge in [0, 0.05) is 7.05 Å². The van der Waals surface area contributed by atoms with Crippen molar-refractivity contribution in [3.8, 4) is 0 Å². The Morgan fingerprint density at radius 1 is 1.53 bits per heavy atom. The van der Waals surface area contributed by atoms with Crippen LogP contribution >= 0.6 is 0 Å². The molecule has 1 rings (SSSR count). The lowest BCUT2D eigenvalue weighted by atomic mass is 10.3. The fourth-order valence-electron chi connectivity index (χ4n) is 1.23. The van der Waals surface area contributed by atoms with Crippen molar-refractivity contribution in [3.05, 3.63) is 23.7 Å². The van der Waals surface area contributed by atoms with Crippen molar-refractivity contribution in [1.29, 1.82) is 0 Å². The first-order valence-corrected chi connectivity index (χ1v) is 5.20. The summed E-state index contributed by atoms with van der Waals surface area (Å²) >= 11 is 0. The molecule has 0 radical (unpaired) electrons. The second kappa shape index (κ2) is 5.38. The zero-order valence-electron chi connectivity index (χ0n) is 10.1. The smallest absolute Gasteiger partial charge is 0.325 e. The van der Waals surface area contributed by atoms with Gasteiger partial charge in [0.25, 0.3) is 0 Å². The van der Waals surface area contributed by atoms with Crippen molar-refractivity contribution >= 4 is 12.0 Å². The number of nitrogens with zero attached hydrogens (tertiary/aromatic N) is 1. The molecule has 1 heterocycles. The highest BCUT2D eigenvalue weighted by Crippen LogP contribution is 2.08. The second-order valence-electron chi connectivity index (χ2n) is 3.88. The summed E-state index contributed by atoms with van der Waals surface area (Å²) < 4.78 is 5.32. The molecule has 2 N–H and O–H groups in total. The number of urea groups is 1. The van der Waals surface area contributed by atoms with E-state index in [-0.39, 0.29) is 0 Å². The molecule has 1 atom stereocenters. The minimum absolute atomic E-state index is 0.298. The standard InChI is InChI=1S/C11H16N2O4/c1-7-4-5-9(17-7)6-13(3)11(16)12-8(2)10(14)15/h4-5,8H,6H2,1-3H3,(H,12,16)(H,14,15)/t8-/m1/s1. The molecule has 6 nitrogen and oxygen atoms in total. The van der Waals surface area contributed by atoms with Crippen LogP contribution < -0.4 is 5.32 Å². The largest absolute Gasteiger partial charge is 0.480 e. The molecular weight excluding hydrogens is 224 g/mol. The van der Waals surface area contributed by atoms with Gasteiger partial charge in [-0.1, -0.05) is 0 Å². The van der Waals surface area contributed by atoms with Gasteiger partial charge in [0.2, 0.25) is 0 Å². The molecule has 0 aliphatic carbocycles. The third-order valence-electron chi connectivity index (χ3n) is 2.25. The van der Waals surface area contributed by atoms with Gasteiger partial charge >= 0.3 is 12.0 Å². The number of carbonyl (C=O) groups is 2. The van der Waals surface area contributed by atoms with Gasteiger partial charge in [-0.2, -0.15) is 0 Å². The van der Waals surface area contributed by atoms with Gasteiger partial charge in [-0.15, -0.1) is 0 Å². The van der Waals surface area contributed by atoms with E-state index in [1.807, 2.05) is 6.92 Å². The van der Waals surface area contributed by atoms with E-state index >= 15 is 0 Å². The molecule has 0 aromatic carbocycles. The van der Waals surface area contributed by atoms with Crippen molar-refractivity contribution in [2.24, 2.45) is 0 Å². The van der Waals surface area contributed by atoms with E-state index in [0.29, 0.717) is 12.3 Å². The van der Waals surface area contributed by atoms with Gasteiger partial charge in [0.05, 0.1) is 6.54 Å². The highest BCUT2D eigenvalue weighted by molar-refractivity contribution is 5.82. The number of carboxylic acids is 1. The zero-order valence-corrected chi connectivity index (χ0v) is 10.1. The lowest BCUT2D eigenvalue weighted by molar-refractivity contribution is -0.138. The summed E-state index contributed by atoms with van der Waals surface area (Å²) in [7, 11) is 1.57. The molecule has 17 heavy (non-hydrogen) atoms. The van der Waals surface area contributed by atoms with Crippen LogP contribution in [0.4, 0.5) is 4.79 Å². The first-order valence-electron chi connectivity index (χ1n) is 5.20. The van der Waals surface area contributed by atoms with Crippen molar-refractivity contribution < 1.29 is 19.1 Å². The van der Waals surface area contributed by atoms with Gasteiger partial charge in [-0.25, -0.2) is 4.79 Å². The Labute approximate surface area is 99.2 Å². The molecule has 2 amide bonds. The number of rotatable bonds is 4. The molecule has 1 aromatic rings. The average Bonchev–Trinajstić information content (AvgIpc) is 2.63. The Kier molecular flexibility index (Phi) is 4.14. The Balaban J connectivity index is 2.50. The quantitative estimate of drug-likeness (QED) is 0.828. The molecule has 0 saturated carbocycles. The number of carboxylic acid groups (broad SMARTS) is 1. The first-order chi connectivity index (χ1) is 7.90. The summed E-state index contributed by atoms with van der Waals surface area (Å²) in [5, 5.41) is 11.0. The Hall–Kier alpha value is -1.98. The number of carbonyl (C=O) groups excluding carboxylic acids is 1. The van der Waals surface area contributed by atoms with Gasteiger partial charge in [-0.05, 0) is 26.0 Å². The van der Waals surface area contributed by atoms with E-state index in [1.165, 1.54) is 11.8 Å². The number of nitrogens with one attached hydrogen (secondary N) is 1. The highest BCUT2D eigenvalue weighted by atomic mass is 16.4. The minimum atomic E-state index is -1.07. The maximum Gasteiger partial charge on any atom is 0.325 e. The van der Waals surface area contributed by atoms with Crippen LogP contribution in [0, 0.1) is 6.92 Å². The monoisotopic (exact) mass is 240 g/mol. The molecule has 6 heteroatoms. The number of furan rings is 1. The van der Waals surface area contributed by atoms with E-state index in [1.54, 1.807) is 19.2 Å². The van der Waals surface area contributed by atoms with E-state index < -0.39 is 18.0 Å². The van der Waals surface area contributed by atoms with Crippen molar-refractivity contribution in [3.63, 3.8) is 0 Å². The van der Waals surface area contributed by atoms with Crippen LogP contribution in [-0.4, -0.2) is 35.1 Å². The predicted molar refractivity (Wildman–Crippen MR) is 60.5 cm³/mol. The van der Waals surface area contributed by atoms with Crippen LogP contribution in [-0.2, 0) is 11.3 Å². The van der Waals surface area contributed by atoms with Gasteiger partial charge in [-0.3, -0.25) is 4.79 Å². The summed E-state index contributed by atoms with van der Waals surface area (Å²) in [5.74, 6) is 0.358. The van der Waals surface area contributed by atoms with Crippen molar-refractivity contribution in [2.75, 3.05) is 7.05 Å². The normalized spacial score (nSPS) is 11.9. The molecule has 0 fully saturated rings.